The van der Waals surface area contributed by atoms with E-state index < -0.39 is 10.0 Å². The number of nitrogens with two attached hydrogens (primary N) is 1. The average molecular weight is 309 g/mol. The molecule has 3 N–H and O–H groups in total. The summed E-state index contributed by atoms with van der Waals surface area (Å²) in [5.41, 5.74) is 7.54. The fourth-order valence-corrected chi connectivity index (χ4v) is 3.06. The lowest BCUT2D eigenvalue weighted by Gasteiger charge is -2.17. The van der Waals surface area contributed by atoms with Crippen LogP contribution >= 0.6 is 0 Å². The zero-order valence-corrected chi connectivity index (χ0v) is 13.1. The molecule has 0 unspecified atom stereocenters. The first-order chi connectivity index (χ1) is 9.82. The number of anilines is 2. The van der Waals surface area contributed by atoms with E-state index in [0.29, 0.717) is 0 Å². The third-order valence-electron chi connectivity index (χ3n) is 3.18. The van der Waals surface area contributed by atoms with Crippen LogP contribution in [0, 0.1) is 0 Å². The lowest BCUT2D eigenvalue weighted by Crippen LogP contribution is -2.26. The second kappa shape index (κ2) is 5.74. The molecule has 0 radical (unpaired) electrons. The van der Waals surface area contributed by atoms with Crippen LogP contribution in [-0.2, 0) is 16.6 Å². The van der Waals surface area contributed by atoms with Gasteiger partial charge < -0.3 is 10.6 Å². The second-order valence-electron chi connectivity index (χ2n) is 4.97. The molecule has 0 spiro atoms. The first kappa shape index (κ1) is 15.3. The van der Waals surface area contributed by atoms with Gasteiger partial charge in [-0.2, -0.15) is 9.40 Å². The van der Waals surface area contributed by atoms with Crippen LogP contribution in [0.2, 0.25) is 0 Å². The number of aromatic amines is 1. The molecule has 1 aromatic heterocycles. The van der Waals surface area contributed by atoms with Gasteiger partial charge in [-0.15, -0.1) is 0 Å². The van der Waals surface area contributed by atoms with Crippen molar-refractivity contribution in [3.63, 3.8) is 0 Å². The van der Waals surface area contributed by atoms with E-state index in [2.05, 4.69) is 10.2 Å². The molecule has 0 amide bonds. The van der Waals surface area contributed by atoms with Gasteiger partial charge in [-0.1, -0.05) is 12.1 Å². The second-order valence-corrected chi connectivity index (χ2v) is 6.98. The summed E-state index contributed by atoms with van der Waals surface area (Å²) < 4.78 is 26.0. The Morgan fingerprint density at radius 3 is 2.29 bits per heavy atom. The molecule has 7 nitrogen and oxygen atoms in total. The molecule has 0 saturated carbocycles. The maximum Gasteiger partial charge on any atom is 0.248 e. The number of hydrogen-bond acceptors (Lipinski definition) is 5. The molecule has 2 aromatic rings. The minimum atomic E-state index is -3.65. The van der Waals surface area contributed by atoms with Gasteiger partial charge in [0.2, 0.25) is 10.0 Å². The van der Waals surface area contributed by atoms with Gasteiger partial charge in [0.05, 0.1) is 6.20 Å². The number of benzene rings is 1. The van der Waals surface area contributed by atoms with Gasteiger partial charge in [0.25, 0.3) is 0 Å². The molecular formula is C13H19N5O2S. The smallest absolute Gasteiger partial charge is 0.248 e. The largest absolute Gasteiger partial charge is 0.383 e. The van der Waals surface area contributed by atoms with Crippen LogP contribution in [0.4, 0.5) is 11.5 Å². The van der Waals surface area contributed by atoms with Crippen molar-refractivity contribution in [2.75, 3.05) is 31.8 Å². The molecule has 2 rings (SSSR count). The van der Waals surface area contributed by atoms with Crippen molar-refractivity contribution in [3.05, 3.63) is 36.0 Å². The van der Waals surface area contributed by atoms with Gasteiger partial charge in [-0.05, 0) is 17.7 Å². The predicted octanol–water partition coefficient (Wildman–Crippen LogP) is 0.879. The number of nitrogens with one attached hydrogen (secondary N) is 1. The third-order valence-corrected chi connectivity index (χ3v) is 5.01. The van der Waals surface area contributed by atoms with Crippen LogP contribution < -0.4 is 10.6 Å². The third kappa shape index (κ3) is 3.17. The molecule has 0 aliphatic heterocycles. The normalized spacial score (nSPS) is 11.8. The summed E-state index contributed by atoms with van der Waals surface area (Å²) in [6.07, 6.45) is 1.22. The summed E-state index contributed by atoms with van der Waals surface area (Å²) in [7, 11) is 1.77. The highest BCUT2D eigenvalue weighted by Crippen LogP contribution is 2.21. The van der Waals surface area contributed by atoms with Crippen LogP contribution in [0.25, 0.3) is 0 Å². The number of nitrogens with zero attached hydrogens (tertiary/aromatic N) is 3. The first-order valence-electron chi connectivity index (χ1n) is 6.34. The van der Waals surface area contributed by atoms with E-state index >= 15 is 0 Å². The average Bonchev–Trinajstić information content (AvgIpc) is 2.86. The van der Waals surface area contributed by atoms with E-state index in [-0.39, 0.29) is 17.3 Å². The molecule has 1 aromatic carbocycles. The Morgan fingerprint density at radius 2 is 1.81 bits per heavy atom. The molecule has 0 saturated heterocycles. The lowest BCUT2D eigenvalue weighted by atomic mass is 10.2. The van der Waals surface area contributed by atoms with Crippen molar-refractivity contribution in [1.82, 2.24) is 14.5 Å². The molecule has 0 bridgehead atoms. The number of hydrogen-bond donors (Lipinski definition) is 2. The van der Waals surface area contributed by atoms with Crippen molar-refractivity contribution in [2.24, 2.45) is 0 Å². The quantitative estimate of drug-likeness (QED) is 0.855. The Kier molecular flexibility index (Phi) is 4.19. The van der Waals surface area contributed by atoms with Crippen LogP contribution in [0.15, 0.2) is 35.4 Å². The zero-order valence-electron chi connectivity index (χ0n) is 12.2. The number of sulfonamides is 1. The van der Waals surface area contributed by atoms with Crippen LogP contribution in [0.3, 0.4) is 0 Å². The summed E-state index contributed by atoms with van der Waals surface area (Å²) in [6.45, 7) is 0.265. The maximum atomic E-state index is 12.4. The summed E-state index contributed by atoms with van der Waals surface area (Å²) in [6, 6.07) is 7.70. The number of H-pyrrole nitrogens is 1. The van der Waals surface area contributed by atoms with E-state index in [4.69, 9.17) is 5.73 Å². The van der Waals surface area contributed by atoms with Gasteiger partial charge in [-0.25, -0.2) is 8.42 Å². The fraction of sp³-hybridized carbons (Fsp3) is 0.308. The Morgan fingerprint density at radius 1 is 1.19 bits per heavy atom. The minimum Gasteiger partial charge on any atom is -0.383 e. The molecule has 0 aliphatic carbocycles. The highest BCUT2D eigenvalue weighted by atomic mass is 32.2. The number of nitrogen functional groups attached to an aromatic ring is 1. The maximum absolute atomic E-state index is 12.4. The van der Waals surface area contributed by atoms with Crippen LogP contribution in [-0.4, -0.2) is 44.1 Å². The van der Waals surface area contributed by atoms with Gasteiger partial charge in [0, 0.05) is 33.4 Å². The summed E-state index contributed by atoms with van der Waals surface area (Å²) in [5, 5.41) is 6.08. The van der Waals surface area contributed by atoms with Crippen LogP contribution in [0.5, 0.6) is 0 Å². The first-order valence-corrected chi connectivity index (χ1v) is 7.78. The number of aromatic nitrogens is 2. The molecular weight excluding hydrogens is 290 g/mol. The predicted molar refractivity (Wildman–Crippen MR) is 82.4 cm³/mol. The topological polar surface area (TPSA) is 95.3 Å². The van der Waals surface area contributed by atoms with E-state index in [1.807, 2.05) is 43.3 Å². The van der Waals surface area contributed by atoms with Crippen molar-refractivity contribution in [1.29, 1.82) is 0 Å². The van der Waals surface area contributed by atoms with Crippen molar-refractivity contribution in [2.45, 2.75) is 11.4 Å². The minimum absolute atomic E-state index is 0.00471. The molecule has 0 atom stereocenters. The standard InChI is InChI=1S/C13H19N5O2S/c1-17(2)11-6-4-10(5-7-11)9-18(3)21(19,20)12-8-15-16-13(12)14/h4-8H,9H2,1-3H3,(H3,14,15,16). The Bertz CT molecular complexity index is 706. The van der Waals surface area contributed by atoms with E-state index in [0.717, 1.165) is 11.3 Å². The van der Waals surface area contributed by atoms with E-state index in [9.17, 15) is 8.42 Å². The van der Waals surface area contributed by atoms with Gasteiger partial charge in [0.15, 0.2) is 0 Å². The van der Waals surface area contributed by atoms with Crippen molar-refractivity contribution < 1.29 is 8.42 Å². The molecule has 0 fully saturated rings. The number of rotatable bonds is 5. The van der Waals surface area contributed by atoms with E-state index in [1.165, 1.54) is 17.5 Å². The molecule has 8 heteroatoms. The molecule has 21 heavy (non-hydrogen) atoms. The van der Waals surface area contributed by atoms with Gasteiger partial charge in [0.1, 0.15) is 10.7 Å². The van der Waals surface area contributed by atoms with Crippen molar-refractivity contribution in [3.8, 4) is 0 Å². The zero-order chi connectivity index (χ0) is 15.6. The summed E-state index contributed by atoms with van der Waals surface area (Å²) >= 11 is 0. The highest BCUT2D eigenvalue weighted by Gasteiger charge is 2.24. The Balaban J connectivity index is 2.18. The SMILES string of the molecule is CN(C)c1ccc(CN(C)S(=O)(=O)c2cn[nH]c2N)cc1. The molecule has 1 heterocycles. The van der Waals surface area contributed by atoms with Crippen LogP contribution in [0.1, 0.15) is 5.56 Å². The molecule has 114 valence electrons. The summed E-state index contributed by atoms with van der Waals surface area (Å²) in [5.74, 6) is 0.0461. The summed E-state index contributed by atoms with van der Waals surface area (Å²) in [4.78, 5) is 1.98. The Hall–Kier alpha value is -2.06. The molecule has 0 aliphatic rings. The fourth-order valence-electron chi connectivity index (χ4n) is 1.90. The van der Waals surface area contributed by atoms with Gasteiger partial charge in [-0.3, -0.25) is 5.10 Å². The van der Waals surface area contributed by atoms with Gasteiger partial charge >= 0.3 is 0 Å². The monoisotopic (exact) mass is 309 g/mol. The van der Waals surface area contributed by atoms with Crippen molar-refractivity contribution >= 4 is 21.5 Å². The van der Waals surface area contributed by atoms with E-state index in [1.54, 1.807) is 0 Å². The lowest BCUT2D eigenvalue weighted by molar-refractivity contribution is 0.467. The highest BCUT2D eigenvalue weighted by molar-refractivity contribution is 7.89. The Labute approximate surface area is 124 Å².